The van der Waals surface area contributed by atoms with Gasteiger partial charge in [0.2, 0.25) is 7.37 Å². The van der Waals surface area contributed by atoms with Gasteiger partial charge in [0.15, 0.2) is 0 Å². The molecule has 0 radical (unpaired) electrons. The summed E-state index contributed by atoms with van der Waals surface area (Å²) in [5.74, 6) is 0. The van der Waals surface area contributed by atoms with Crippen LogP contribution in [-0.4, -0.2) is 12.3 Å². The lowest BCUT2D eigenvalue weighted by molar-refractivity contribution is 0.303. The Morgan fingerprint density at radius 3 is 2.19 bits per heavy atom. The molecule has 0 bridgehead atoms. The molecule has 0 spiro atoms. The number of hydrogen-bond donors (Lipinski definition) is 0. The van der Waals surface area contributed by atoms with Crippen LogP contribution in [0.3, 0.4) is 0 Å². The molecule has 146 valence electrons. The highest BCUT2D eigenvalue weighted by Gasteiger charge is 2.21. The van der Waals surface area contributed by atoms with Gasteiger partial charge in [0.1, 0.15) is 0 Å². The molecule has 0 aliphatic carbocycles. The maximum absolute atomic E-state index is 13.4. The van der Waals surface area contributed by atoms with Crippen LogP contribution in [0, 0.1) is 0 Å². The molecule has 2 rings (SSSR count). The van der Waals surface area contributed by atoms with Crippen molar-refractivity contribution in [2.75, 3.05) is 12.3 Å². The molecule has 3 heteroatoms. The van der Waals surface area contributed by atoms with E-state index in [0.717, 1.165) is 24.0 Å². The molecule has 2 nitrogen and oxygen atoms in total. The van der Waals surface area contributed by atoms with Crippen molar-refractivity contribution in [3.05, 3.63) is 77.9 Å². The minimum atomic E-state index is -2.66. The van der Waals surface area contributed by atoms with E-state index in [1.807, 2.05) is 60.7 Å². The van der Waals surface area contributed by atoms with E-state index < -0.39 is 7.37 Å². The largest absolute Gasteiger partial charge is 0.323 e. The molecule has 1 atom stereocenters. The first kappa shape index (κ1) is 21.7. The number of hydrogen-bond acceptors (Lipinski definition) is 2. The van der Waals surface area contributed by atoms with Crippen LogP contribution in [0.1, 0.15) is 56.6 Å². The van der Waals surface area contributed by atoms with E-state index in [9.17, 15) is 4.57 Å². The second kappa shape index (κ2) is 12.7. The smallest absolute Gasteiger partial charge is 0.207 e. The fraction of sp³-hybridized carbons (Fsp3) is 0.417. The highest BCUT2D eigenvalue weighted by Crippen LogP contribution is 2.48. The van der Waals surface area contributed by atoms with E-state index in [0.29, 0.717) is 18.9 Å². The summed E-state index contributed by atoms with van der Waals surface area (Å²) in [6, 6.07) is 20.2. The number of rotatable bonds is 13. The molecule has 0 heterocycles. The third-order valence-electron chi connectivity index (χ3n) is 4.66. The Bertz CT molecular complexity index is 695. The van der Waals surface area contributed by atoms with Crippen LogP contribution in [-0.2, 0) is 15.7 Å². The van der Waals surface area contributed by atoms with Gasteiger partial charge in [-0.15, -0.1) is 0 Å². The monoisotopic (exact) mass is 384 g/mol. The van der Waals surface area contributed by atoms with Crippen molar-refractivity contribution in [3.8, 4) is 0 Å². The Hall–Kier alpha value is -1.63. The van der Waals surface area contributed by atoms with Gasteiger partial charge < -0.3 is 4.52 Å². The van der Waals surface area contributed by atoms with Gasteiger partial charge in [-0.3, -0.25) is 4.57 Å². The fourth-order valence-electron chi connectivity index (χ4n) is 3.02. The van der Waals surface area contributed by atoms with Crippen molar-refractivity contribution in [2.45, 2.75) is 52.1 Å². The molecular formula is C24H33O2P. The van der Waals surface area contributed by atoms with Crippen LogP contribution < -0.4 is 0 Å². The standard InChI is InChI=1S/C24H33O2P/c1-2-3-4-5-6-13-20-27(25,26-22-24-17-11-8-12-18-24)21-14-19-23-15-9-7-10-16-23/h7-12,14-19H,2-6,13,20-22H2,1H3/b19-14+. The molecule has 0 N–H and O–H groups in total. The molecule has 0 saturated heterocycles. The van der Waals surface area contributed by atoms with Gasteiger partial charge in [-0.05, 0) is 17.5 Å². The van der Waals surface area contributed by atoms with Crippen LogP contribution in [0.5, 0.6) is 0 Å². The molecule has 2 aromatic carbocycles. The lowest BCUT2D eigenvalue weighted by Gasteiger charge is -2.17. The quantitative estimate of drug-likeness (QED) is 0.263. The normalized spacial score (nSPS) is 13.7. The van der Waals surface area contributed by atoms with E-state index in [1.165, 1.54) is 25.7 Å². The Kier molecular flexibility index (Phi) is 10.2. The fourth-order valence-corrected chi connectivity index (χ4v) is 4.95. The second-order valence-corrected chi connectivity index (χ2v) is 9.76. The SMILES string of the molecule is CCCCCCCCP(=O)(C/C=C/c1ccccc1)OCc1ccccc1. The zero-order valence-corrected chi connectivity index (χ0v) is 17.5. The third kappa shape index (κ3) is 9.22. The van der Waals surface area contributed by atoms with E-state index in [4.69, 9.17) is 4.52 Å². The first-order chi connectivity index (χ1) is 13.2. The van der Waals surface area contributed by atoms with E-state index in [1.54, 1.807) is 0 Å². The first-order valence-corrected chi connectivity index (χ1v) is 12.2. The lowest BCUT2D eigenvalue weighted by Crippen LogP contribution is -2.00. The number of allylic oxidation sites excluding steroid dienone is 1. The molecule has 1 unspecified atom stereocenters. The van der Waals surface area contributed by atoms with E-state index in [2.05, 4.69) is 19.1 Å². The van der Waals surface area contributed by atoms with Gasteiger partial charge in [-0.25, -0.2) is 0 Å². The molecule has 27 heavy (non-hydrogen) atoms. The summed E-state index contributed by atoms with van der Waals surface area (Å²) in [7, 11) is -2.66. The first-order valence-electron chi connectivity index (χ1n) is 10.2. The minimum Gasteiger partial charge on any atom is -0.323 e. The van der Waals surface area contributed by atoms with Crippen LogP contribution in [0.25, 0.3) is 6.08 Å². The summed E-state index contributed by atoms with van der Waals surface area (Å²) in [4.78, 5) is 0. The highest BCUT2D eigenvalue weighted by atomic mass is 31.2. The summed E-state index contributed by atoms with van der Waals surface area (Å²) >= 11 is 0. The van der Waals surface area contributed by atoms with Crippen molar-refractivity contribution in [1.82, 2.24) is 0 Å². The van der Waals surface area contributed by atoms with E-state index in [-0.39, 0.29) is 0 Å². The minimum absolute atomic E-state index is 0.424. The van der Waals surface area contributed by atoms with Gasteiger partial charge in [0, 0.05) is 12.3 Å². The molecule has 0 aliphatic heterocycles. The topological polar surface area (TPSA) is 26.3 Å². The van der Waals surface area contributed by atoms with Crippen LogP contribution in [0.15, 0.2) is 66.7 Å². The predicted molar refractivity (Wildman–Crippen MR) is 117 cm³/mol. The molecule has 0 amide bonds. The van der Waals surface area contributed by atoms with Crippen molar-refractivity contribution in [1.29, 1.82) is 0 Å². The van der Waals surface area contributed by atoms with Crippen molar-refractivity contribution >= 4 is 13.4 Å². The van der Waals surface area contributed by atoms with Crippen molar-refractivity contribution in [2.24, 2.45) is 0 Å². The van der Waals surface area contributed by atoms with Crippen LogP contribution >= 0.6 is 7.37 Å². The summed E-state index contributed by atoms with van der Waals surface area (Å²) in [5, 5.41) is 0. The van der Waals surface area contributed by atoms with Gasteiger partial charge >= 0.3 is 0 Å². The van der Waals surface area contributed by atoms with Gasteiger partial charge in [0.05, 0.1) is 6.61 Å². The summed E-state index contributed by atoms with van der Waals surface area (Å²) < 4.78 is 19.4. The number of benzene rings is 2. The zero-order chi connectivity index (χ0) is 19.2. The van der Waals surface area contributed by atoms with Gasteiger partial charge in [0.25, 0.3) is 0 Å². The average Bonchev–Trinajstić information content (AvgIpc) is 2.71. The lowest BCUT2D eigenvalue weighted by atomic mass is 10.1. The molecule has 0 fully saturated rings. The Morgan fingerprint density at radius 2 is 1.48 bits per heavy atom. The van der Waals surface area contributed by atoms with Crippen LogP contribution in [0.4, 0.5) is 0 Å². The Balaban J connectivity index is 1.89. The van der Waals surface area contributed by atoms with Crippen molar-refractivity contribution < 1.29 is 9.09 Å². The van der Waals surface area contributed by atoms with E-state index >= 15 is 0 Å². The predicted octanol–water partition coefficient (Wildman–Crippen LogP) is 7.56. The van der Waals surface area contributed by atoms with Crippen LogP contribution in [0.2, 0.25) is 0 Å². The number of unbranched alkanes of at least 4 members (excludes halogenated alkanes) is 5. The van der Waals surface area contributed by atoms with Gasteiger partial charge in [-0.1, -0.05) is 112 Å². The van der Waals surface area contributed by atoms with Crippen molar-refractivity contribution in [3.63, 3.8) is 0 Å². The third-order valence-corrected chi connectivity index (χ3v) is 7.02. The van der Waals surface area contributed by atoms with Gasteiger partial charge in [-0.2, -0.15) is 0 Å². The molecule has 2 aromatic rings. The molecule has 0 aromatic heterocycles. The Morgan fingerprint density at radius 1 is 0.852 bits per heavy atom. The average molecular weight is 385 g/mol. The highest BCUT2D eigenvalue weighted by molar-refractivity contribution is 7.59. The zero-order valence-electron chi connectivity index (χ0n) is 16.6. The second-order valence-electron chi connectivity index (χ2n) is 7.06. The molecular weight excluding hydrogens is 351 g/mol. The maximum atomic E-state index is 13.4. The summed E-state index contributed by atoms with van der Waals surface area (Å²) in [6.45, 7) is 2.65. The maximum Gasteiger partial charge on any atom is 0.207 e. The molecule has 0 saturated carbocycles. The Labute approximate surface area is 165 Å². The molecule has 0 aliphatic rings. The summed E-state index contributed by atoms with van der Waals surface area (Å²) in [5.41, 5.74) is 2.21. The summed E-state index contributed by atoms with van der Waals surface area (Å²) in [6.07, 6.45) is 12.4.